The van der Waals surface area contributed by atoms with Crippen molar-refractivity contribution in [2.45, 2.75) is 45.3 Å². The SMILES string of the molecule is CCCC(O)C(CC)OCCOC. The number of methoxy groups -OCH3 is 1. The van der Waals surface area contributed by atoms with E-state index in [1.165, 1.54) is 0 Å². The summed E-state index contributed by atoms with van der Waals surface area (Å²) in [4.78, 5) is 0. The Balaban J connectivity index is 3.60. The van der Waals surface area contributed by atoms with Crippen molar-refractivity contribution in [2.75, 3.05) is 20.3 Å². The van der Waals surface area contributed by atoms with Crippen LogP contribution in [0.4, 0.5) is 0 Å². The van der Waals surface area contributed by atoms with Gasteiger partial charge in [0.15, 0.2) is 0 Å². The molecule has 2 unspecified atom stereocenters. The van der Waals surface area contributed by atoms with Gasteiger partial charge in [-0.15, -0.1) is 0 Å². The van der Waals surface area contributed by atoms with Gasteiger partial charge in [0.2, 0.25) is 0 Å². The van der Waals surface area contributed by atoms with E-state index in [-0.39, 0.29) is 12.2 Å². The highest BCUT2D eigenvalue weighted by molar-refractivity contribution is 4.66. The molecule has 0 aromatic rings. The highest BCUT2D eigenvalue weighted by atomic mass is 16.5. The molecule has 1 N–H and O–H groups in total. The van der Waals surface area contributed by atoms with Crippen molar-refractivity contribution in [1.82, 2.24) is 0 Å². The van der Waals surface area contributed by atoms with Crippen LogP contribution >= 0.6 is 0 Å². The second-order valence-corrected chi connectivity index (χ2v) is 3.17. The van der Waals surface area contributed by atoms with Crippen LogP contribution in [0.5, 0.6) is 0 Å². The van der Waals surface area contributed by atoms with Crippen molar-refractivity contribution < 1.29 is 14.6 Å². The summed E-state index contributed by atoms with van der Waals surface area (Å²) in [6, 6.07) is 0. The standard InChI is InChI=1S/C10H22O3/c1-4-6-9(11)10(5-2)13-8-7-12-3/h9-11H,4-8H2,1-3H3. The quantitative estimate of drug-likeness (QED) is 0.591. The Morgan fingerprint density at radius 1 is 1.23 bits per heavy atom. The highest BCUT2D eigenvalue weighted by Gasteiger charge is 2.16. The van der Waals surface area contributed by atoms with E-state index in [4.69, 9.17) is 9.47 Å². The van der Waals surface area contributed by atoms with Crippen molar-refractivity contribution in [3.05, 3.63) is 0 Å². The minimum Gasteiger partial charge on any atom is -0.390 e. The molecule has 80 valence electrons. The molecule has 3 nitrogen and oxygen atoms in total. The maximum atomic E-state index is 9.64. The van der Waals surface area contributed by atoms with E-state index in [1.54, 1.807) is 7.11 Å². The van der Waals surface area contributed by atoms with Crippen LogP contribution in [0, 0.1) is 0 Å². The van der Waals surface area contributed by atoms with E-state index in [0.29, 0.717) is 13.2 Å². The summed E-state index contributed by atoms with van der Waals surface area (Å²) in [5.41, 5.74) is 0. The summed E-state index contributed by atoms with van der Waals surface area (Å²) in [6.07, 6.45) is 2.30. The first-order valence-electron chi connectivity index (χ1n) is 5.04. The molecule has 0 aliphatic heterocycles. The number of hydrogen-bond donors (Lipinski definition) is 1. The molecule has 0 fully saturated rings. The monoisotopic (exact) mass is 190 g/mol. The first kappa shape index (κ1) is 12.9. The van der Waals surface area contributed by atoms with Crippen molar-refractivity contribution in [1.29, 1.82) is 0 Å². The highest BCUT2D eigenvalue weighted by Crippen LogP contribution is 2.09. The Bertz CT molecular complexity index is 106. The van der Waals surface area contributed by atoms with Gasteiger partial charge in [0.05, 0.1) is 25.4 Å². The third-order valence-corrected chi connectivity index (χ3v) is 2.04. The lowest BCUT2D eigenvalue weighted by Gasteiger charge is -2.21. The van der Waals surface area contributed by atoms with Gasteiger partial charge in [-0.3, -0.25) is 0 Å². The summed E-state index contributed by atoms with van der Waals surface area (Å²) >= 11 is 0. The third kappa shape index (κ3) is 6.02. The Morgan fingerprint density at radius 3 is 2.38 bits per heavy atom. The molecule has 0 heterocycles. The topological polar surface area (TPSA) is 38.7 Å². The largest absolute Gasteiger partial charge is 0.390 e. The lowest BCUT2D eigenvalue weighted by molar-refractivity contribution is -0.0555. The Kier molecular flexibility index (Phi) is 8.40. The molecule has 0 aliphatic rings. The lowest BCUT2D eigenvalue weighted by atomic mass is 10.1. The molecule has 0 radical (unpaired) electrons. The minimum absolute atomic E-state index is 0.0323. The average Bonchev–Trinajstić information content (AvgIpc) is 2.13. The molecule has 0 aromatic heterocycles. The molecule has 0 aliphatic carbocycles. The molecular formula is C10H22O3. The molecule has 13 heavy (non-hydrogen) atoms. The van der Waals surface area contributed by atoms with Crippen LogP contribution < -0.4 is 0 Å². The van der Waals surface area contributed by atoms with Crippen molar-refractivity contribution in [3.63, 3.8) is 0 Å². The smallest absolute Gasteiger partial charge is 0.0832 e. The van der Waals surface area contributed by atoms with E-state index in [0.717, 1.165) is 19.3 Å². The summed E-state index contributed by atoms with van der Waals surface area (Å²) in [6.45, 7) is 5.24. The van der Waals surface area contributed by atoms with Crippen LogP contribution in [-0.2, 0) is 9.47 Å². The molecule has 0 amide bonds. The second-order valence-electron chi connectivity index (χ2n) is 3.17. The van der Waals surface area contributed by atoms with Gasteiger partial charge in [-0.05, 0) is 12.8 Å². The van der Waals surface area contributed by atoms with Gasteiger partial charge in [0.1, 0.15) is 0 Å². The average molecular weight is 190 g/mol. The first-order valence-corrected chi connectivity index (χ1v) is 5.04. The van der Waals surface area contributed by atoms with Gasteiger partial charge in [-0.1, -0.05) is 20.3 Å². The first-order chi connectivity index (χ1) is 6.26. The minimum atomic E-state index is -0.327. The summed E-state index contributed by atoms with van der Waals surface area (Å²) in [7, 11) is 1.65. The van der Waals surface area contributed by atoms with E-state index in [1.807, 2.05) is 6.92 Å². The summed E-state index contributed by atoms with van der Waals surface area (Å²) in [5, 5.41) is 9.64. The van der Waals surface area contributed by atoms with E-state index >= 15 is 0 Å². The van der Waals surface area contributed by atoms with Crippen LogP contribution in [0.25, 0.3) is 0 Å². The second kappa shape index (κ2) is 8.48. The fourth-order valence-corrected chi connectivity index (χ4v) is 1.27. The number of aliphatic hydroxyl groups excluding tert-OH is 1. The molecule has 0 rings (SSSR count). The number of rotatable bonds is 8. The van der Waals surface area contributed by atoms with E-state index < -0.39 is 0 Å². The predicted octanol–water partition coefficient (Wildman–Crippen LogP) is 1.59. The van der Waals surface area contributed by atoms with Crippen LogP contribution in [0.1, 0.15) is 33.1 Å². The van der Waals surface area contributed by atoms with Crippen molar-refractivity contribution in [3.8, 4) is 0 Å². The normalized spacial score (nSPS) is 15.7. The molecule has 0 bridgehead atoms. The fraction of sp³-hybridized carbons (Fsp3) is 1.00. The summed E-state index contributed by atoms with van der Waals surface area (Å²) < 4.78 is 10.3. The summed E-state index contributed by atoms with van der Waals surface area (Å²) in [5.74, 6) is 0. The predicted molar refractivity (Wildman–Crippen MR) is 52.8 cm³/mol. The van der Waals surface area contributed by atoms with Crippen LogP contribution in [0.3, 0.4) is 0 Å². The fourth-order valence-electron chi connectivity index (χ4n) is 1.27. The maximum Gasteiger partial charge on any atom is 0.0832 e. The Morgan fingerprint density at radius 2 is 1.92 bits per heavy atom. The van der Waals surface area contributed by atoms with Gasteiger partial charge in [0, 0.05) is 7.11 Å². The molecular weight excluding hydrogens is 168 g/mol. The van der Waals surface area contributed by atoms with Gasteiger partial charge in [-0.25, -0.2) is 0 Å². The van der Waals surface area contributed by atoms with Gasteiger partial charge < -0.3 is 14.6 Å². The molecule has 0 aromatic carbocycles. The van der Waals surface area contributed by atoms with Crippen LogP contribution in [0.15, 0.2) is 0 Å². The number of hydrogen-bond acceptors (Lipinski definition) is 3. The van der Waals surface area contributed by atoms with Crippen molar-refractivity contribution >= 4 is 0 Å². The van der Waals surface area contributed by atoms with Gasteiger partial charge in [0.25, 0.3) is 0 Å². The molecule has 0 spiro atoms. The van der Waals surface area contributed by atoms with Crippen LogP contribution in [0.2, 0.25) is 0 Å². The van der Waals surface area contributed by atoms with Gasteiger partial charge in [-0.2, -0.15) is 0 Å². The maximum absolute atomic E-state index is 9.64. The number of aliphatic hydroxyl groups is 1. The van der Waals surface area contributed by atoms with E-state index in [9.17, 15) is 5.11 Å². The third-order valence-electron chi connectivity index (χ3n) is 2.04. The molecule has 2 atom stereocenters. The zero-order chi connectivity index (χ0) is 10.1. The van der Waals surface area contributed by atoms with Crippen molar-refractivity contribution in [2.24, 2.45) is 0 Å². The molecule has 3 heteroatoms. The van der Waals surface area contributed by atoms with Crippen LogP contribution in [-0.4, -0.2) is 37.6 Å². The van der Waals surface area contributed by atoms with Gasteiger partial charge >= 0.3 is 0 Å². The Hall–Kier alpha value is -0.120. The lowest BCUT2D eigenvalue weighted by Crippen LogP contribution is -2.29. The number of ether oxygens (including phenoxy) is 2. The molecule has 0 saturated carbocycles. The Labute approximate surface area is 81.0 Å². The zero-order valence-electron chi connectivity index (χ0n) is 8.95. The van der Waals surface area contributed by atoms with E-state index in [2.05, 4.69) is 6.92 Å². The molecule has 0 saturated heterocycles. The zero-order valence-corrected chi connectivity index (χ0v) is 8.95.